The third-order valence-corrected chi connectivity index (χ3v) is 2.25. The van der Waals surface area contributed by atoms with Gasteiger partial charge in [-0.1, -0.05) is 12.0 Å². The zero-order chi connectivity index (χ0) is 15.4. The monoisotopic (exact) mass is 293 g/mol. The van der Waals surface area contributed by atoms with Crippen molar-refractivity contribution in [3.8, 4) is 5.75 Å². The van der Waals surface area contributed by atoms with Crippen molar-refractivity contribution in [3.63, 3.8) is 0 Å². The molecule has 0 fully saturated rings. The molecule has 0 heterocycles. The first kappa shape index (κ1) is 15.6. The lowest BCUT2D eigenvalue weighted by Crippen LogP contribution is -2.27. The van der Waals surface area contributed by atoms with E-state index in [1.807, 2.05) is 4.91 Å². The zero-order valence-electron chi connectivity index (χ0n) is 9.90. The summed E-state index contributed by atoms with van der Waals surface area (Å²) >= 11 is 0. The van der Waals surface area contributed by atoms with Gasteiger partial charge in [0.1, 0.15) is 5.69 Å². The van der Waals surface area contributed by atoms with Crippen molar-refractivity contribution >= 4 is 11.7 Å². The van der Waals surface area contributed by atoms with Crippen LogP contribution >= 0.6 is 0 Å². The van der Waals surface area contributed by atoms with Crippen molar-refractivity contribution in [1.82, 2.24) is 0 Å². The van der Waals surface area contributed by atoms with Gasteiger partial charge in [0.15, 0.2) is 23.5 Å². The standard InChI is InChI=1S/C10H7F4N3O3/c1-2-3(10(18)19)20-9-6(13)4(11)8(16-17-15)5(12)7(9)14/h3H,2H2,1H3,(H,18,19). The lowest BCUT2D eigenvalue weighted by atomic mass is 10.2. The van der Waals surface area contributed by atoms with Crippen molar-refractivity contribution < 1.29 is 32.2 Å². The number of azide groups is 1. The van der Waals surface area contributed by atoms with Crippen molar-refractivity contribution in [1.29, 1.82) is 0 Å². The smallest absolute Gasteiger partial charge is 0.344 e. The number of benzene rings is 1. The van der Waals surface area contributed by atoms with Crippen LogP contribution in [0, 0.1) is 23.3 Å². The SMILES string of the molecule is CCC(Oc1c(F)c(F)c(N=[N+]=[N-])c(F)c1F)C(=O)O. The third-order valence-electron chi connectivity index (χ3n) is 2.25. The summed E-state index contributed by atoms with van der Waals surface area (Å²) in [7, 11) is 0. The Morgan fingerprint density at radius 1 is 1.30 bits per heavy atom. The van der Waals surface area contributed by atoms with Gasteiger partial charge in [0.05, 0.1) is 0 Å². The minimum absolute atomic E-state index is 0.199. The largest absolute Gasteiger partial charge is 0.479 e. The molecule has 0 aromatic heterocycles. The number of carbonyl (C=O) groups is 1. The predicted octanol–water partition coefficient (Wildman–Crippen LogP) is 3.43. The van der Waals surface area contributed by atoms with E-state index < -0.39 is 46.8 Å². The van der Waals surface area contributed by atoms with Crippen LogP contribution in [0.3, 0.4) is 0 Å². The van der Waals surface area contributed by atoms with Crippen LogP contribution in [0.1, 0.15) is 13.3 Å². The Kier molecular flexibility index (Phi) is 4.76. The fourth-order valence-corrected chi connectivity index (χ4v) is 1.29. The molecule has 1 atom stereocenters. The van der Waals surface area contributed by atoms with Gasteiger partial charge in [-0.3, -0.25) is 0 Å². The van der Waals surface area contributed by atoms with Crippen LogP contribution in [0.5, 0.6) is 5.75 Å². The highest BCUT2D eigenvalue weighted by Crippen LogP contribution is 2.35. The minimum Gasteiger partial charge on any atom is -0.479 e. The van der Waals surface area contributed by atoms with Crippen LogP contribution in [0.4, 0.5) is 23.2 Å². The Hall–Kier alpha value is -2.48. The summed E-state index contributed by atoms with van der Waals surface area (Å²) in [6.07, 6.45) is -1.89. The summed E-state index contributed by atoms with van der Waals surface area (Å²) in [6.45, 7) is 1.33. The zero-order valence-corrected chi connectivity index (χ0v) is 9.90. The molecule has 0 amide bonds. The quantitative estimate of drug-likeness (QED) is 0.296. The summed E-state index contributed by atoms with van der Waals surface area (Å²) < 4.78 is 58.2. The van der Waals surface area contributed by atoms with Gasteiger partial charge >= 0.3 is 5.97 Å². The highest BCUT2D eigenvalue weighted by atomic mass is 19.2. The molecule has 0 spiro atoms. The molecule has 0 radical (unpaired) electrons. The molecular formula is C10H7F4N3O3. The van der Waals surface area contributed by atoms with E-state index in [-0.39, 0.29) is 6.42 Å². The van der Waals surface area contributed by atoms with Gasteiger partial charge in [-0.25, -0.2) is 13.6 Å². The van der Waals surface area contributed by atoms with E-state index in [0.29, 0.717) is 0 Å². The fraction of sp³-hybridized carbons (Fsp3) is 0.300. The lowest BCUT2D eigenvalue weighted by molar-refractivity contribution is -0.145. The Morgan fingerprint density at radius 2 is 1.80 bits per heavy atom. The second-order valence-electron chi connectivity index (χ2n) is 3.48. The Bertz CT molecular complexity index is 573. The van der Waals surface area contributed by atoms with E-state index in [2.05, 4.69) is 9.85 Å². The summed E-state index contributed by atoms with van der Waals surface area (Å²) in [5.74, 6) is -11.0. The third kappa shape index (κ3) is 2.75. The number of aliphatic carboxylic acids is 1. The minimum atomic E-state index is -1.98. The van der Waals surface area contributed by atoms with Gasteiger partial charge in [0.25, 0.3) is 0 Å². The maximum absolute atomic E-state index is 13.5. The van der Waals surface area contributed by atoms with Crippen LogP contribution in [0.25, 0.3) is 10.4 Å². The first-order valence-corrected chi connectivity index (χ1v) is 5.15. The molecule has 0 aliphatic rings. The molecule has 1 unspecified atom stereocenters. The predicted molar refractivity (Wildman–Crippen MR) is 57.4 cm³/mol. The number of halogens is 4. The van der Waals surface area contributed by atoms with E-state index in [1.165, 1.54) is 6.92 Å². The normalized spacial score (nSPS) is 11.7. The molecule has 1 aromatic rings. The molecule has 1 N–H and O–H groups in total. The van der Waals surface area contributed by atoms with Crippen LogP contribution in [0.2, 0.25) is 0 Å². The second-order valence-corrected chi connectivity index (χ2v) is 3.48. The molecule has 10 heteroatoms. The summed E-state index contributed by atoms with van der Waals surface area (Å²) in [5, 5.41) is 11.2. The molecule has 0 saturated heterocycles. The summed E-state index contributed by atoms with van der Waals surface area (Å²) in [5.41, 5.74) is 6.55. The molecule has 0 aliphatic carbocycles. The van der Waals surface area contributed by atoms with Gasteiger partial charge in [0.2, 0.25) is 11.6 Å². The maximum atomic E-state index is 13.5. The van der Waals surface area contributed by atoms with Crippen molar-refractivity contribution in [2.45, 2.75) is 19.4 Å². The van der Waals surface area contributed by atoms with Gasteiger partial charge < -0.3 is 9.84 Å². The van der Waals surface area contributed by atoms with Crippen molar-refractivity contribution in [2.24, 2.45) is 5.11 Å². The highest BCUT2D eigenvalue weighted by Gasteiger charge is 2.29. The Labute approximate surface area is 109 Å². The number of ether oxygens (including phenoxy) is 1. The van der Waals surface area contributed by atoms with Gasteiger partial charge in [0, 0.05) is 4.91 Å². The topological polar surface area (TPSA) is 95.3 Å². The van der Waals surface area contributed by atoms with E-state index in [0.717, 1.165) is 0 Å². The lowest BCUT2D eigenvalue weighted by Gasteiger charge is -2.15. The van der Waals surface area contributed by atoms with Gasteiger partial charge in [-0.05, 0) is 12.0 Å². The van der Waals surface area contributed by atoms with E-state index >= 15 is 0 Å². The summed E-state index contributed by atoms with van der Waals surface area (Å²) in [6, 6.07) is 0. The number of carboxylic acid groups (broad SMARTS) is 1. The molecule has 1 aromatic carbocycles. The van der Waals surface area contributed by atoms with Crippen molar-refractivity contribution in [2.75, 3.05) is 0 Å². The van der Waals surface area contributed by atoms with E-state index in [9.17, 15) is 22.4 Å². The molecule has 0 bridgehead atoms. The van der Waals surface area contributed by atoms with Crippen LogP contribution in [-0.2, 0) is 4.79 Å². The van der Waals surface area contributed by atoms with Crippen molar-refractivity contribution in [3.05, 3.63) is 33.7 Å². The average Bonchev–Trinajstić information content (AvgIpc) is 2.41. The number of carboxylic acids is 1. The summed E-state index contributed by atoms with van der Waals surface area (Å²) in [4.78, 5) is 12.7. The Balaban J connectivity index is 3.43. The molecule has 20 heavy (non-hydrogen) atoms. The second kappa shape index (κ2) is 6.11. The average molecular weight is 293 g/mol. The van der Waals surface area contributed by atoms with Crippen LogP contribution in [-0.4, -0.2) is 17.2 Å². The highest BCUT2D eigenvalue weighted by molar-refractivity contribution is 5.72. The molecule has 0 aliphatic heterocycles. The number of hydrogen-bond acceptors (Lipinski definition) is 3. The molecule has 1 rings (SSSR count). The molecular weight excluding hydrogens is 286 g/mol. The number of hydrogen-bond donors (Lipinski definition) is 1. The number of nitrogens with zero attached hydrogens (tertiary/aromatic N) is 3. The number of rotatable bonds is 5. The van der Waals surface area contributed by atoms with E-state index in [4.69, 9.17) is 10.6 Å². The first-order valence-electron chi connectivity index (χ1n) is 5.15. The molecule has 0 saturated carbocycles. The maximum Gasteiger partial charge on any atom is 0.344 e. The van der Waals surface area contributed by atoms with E-state index in [1.54, 1.807) is 0 Å². The molecule has 6 nitrogen and oxygen atoms in total. The first-order chi connectivity index (χ1) is 9.34. The van der Waals surface area contributed by atoms with Crippen LogP contribution < -0.4 is 4.74 Å². The Morgan fingerprint density at radius 3 is 2.15 bits per heavy atom. The van der Waals surface area contributed by atoms with Crippen LogP contribution in [0.15, 0.2) is 5.11 Å². The van der Waals surface area contributed by atoms with Gasteiger partial charge in [-0.2, -0.15) is 8.78 Å². The molecule has 108 valence electrons. The fourth-order valence-electron chi connectivity index (χ4n) is 1.29. The van der Waals surface area contributed by atoms with Gasteiger partial charge in [-0.15, -0.1) is 0 Å².